The topological polar surface area (TPSA) is 117 Å². The molecule has 0 atom stereocenters. The fourth-order valence-electron chi connectivity index (χ4n) is 2.89. The van der Waals surface area contributed by atoms with Gasteiger partial charge in [0.25, 0.3) is 0 Å². The Hall–Kier alpha value is -3.51. The molecule has 2 amide bonds. The SMILES string of the molecule is CCOc1ccc(NC(=O)CN(C)CC(=O)Nc2oc(C)c(C)c2C#N)cc1OCC. The van der Waals surface area contributed by atoms with Crippen molar-refractivity contribution in [2.24, 2.45) is 0 Å². The highest BCUT2D eigenvalue weighted by molar-refractivity contribution is 5.95. The third-order valence-corrected chi connectivity index (χ3v) is 4.40. The Labute approximate surface area is 181 Å². The molecular formula is C22H28N4O5. The summed E-state index contributed by atoms with van der Waals surface area (Å²) in [7, 11) is 1.65. The molecule has 0 saturated carbocycles. The number of nitrogens with zero attached hydrogens (tertiary/aromatic N) is 2. The van der Waals surface area contributed by atoms with E-state index in [-0.39, 0.29) is 30.8 Å². The molecule has 2 aromatic rings. The summed E-state index contributed by atoms with van der Waals surface area (Å²) in [6.45, 7) is 8.14. The molecule has 166 valence electrons. The van der Waals surface area contributed by atoms with Crippen LogP contribution in [0.1, 0.15) is 30.7 Å². The molecule has 0 saturated heterocycles. The number of benzene rings is 1. The van der Waals surface area contributed by atoms with Crippen molar-refractivity contribution in [2.45, 2.75) is 27.7 Å². The van der Waals surface area contributed by atoms with Crippen molar-refractivity contribution >= 4 is 23.4 Å². The molecule has 0 aliphatic rings. The van der Waals surface area contributed by atoms with E-state index in [9.17, 15) is 14.9 Å². The number of ether oxygens (including phenoxy) is 2. The first-order chi connectivity index (χ1) is 14.8. The van der Waals surface area contributed by atoms with Crippen molar-refractivity contribution in [3.63, 3.8) is 0 Å². The predicted molar refractivity (Wildman–Crippen MR) is 116 cm³/mol. The number of amides is 2. The molecule has 31 heavy (non-hydrogen) atoms. The second kappa shape index (κ2) is 11.0. The number of nitrogens with one attached hydrogen (secondary N) is 2. The summed E-state index contributed by atoms with van der Waals surface area (Å²) in [6, 6.07) is 7.18. The number of carbonyl (C=O) groups is 2. The number of hydrogen-bond donors (Lipinski definition) is 2. The summed E-state index contributed by atoms with van der Waals surface area (Å²) in [5.74, 6) is 1.17. The van der Waals surface area contributed by atoms with Crippen molar-refractivity contribution in [3.8, 4) is 17.6 Å². The summed E-state index contributed by atoms with van der Waals surface area (Å²) >= 11 is 0. The van der Waals surface area contributed by atoms with Crippen molar-refractivity contribution in [1.82, 2.24) is 4.90 Å². The van der Waals surface area contributed by atoms with Crippen molar-refractivity contribution in [3.05, 3.63) is 35.1 Å². The Morgan fingerprint density at radius 1 is 1.06 bits per heavy atom. The van der Waals surface area contributed by atoms with Crippen LogP contribution in [0.5, 0.6) is 11.5 Å². The highest BCUT2D eigenvalue weighted by atomic mass is 16.5. The van der Waals surface area contributed by atoms with Crippen molar-refractivity contribution < 1.29 is 23.5 Å². The standard InChI is InChI=1S/C22H28N4O5/c1-6-29-18-9-8-16(10-19(18)30-7-2)24-20(27)12-26(5)13-21(28)25-22-17(11-23)14(3)15(4)31-22/h8-10H,6-7,12-13H2,1-5H3,(H,24,27)(H,25,28). The van der Waals surface area contributed by atoms with E-state index in [2.05, 4.69) is 10.6 Å². The third-order valence-electron chi connectivity index (χ3n) is 4.40. The Morgan fingerprint density at radius 2 is 1.68 bits per heavy atom. The number of likely N-dealkylation sites (N-methyl/N-ethyl adjacent to an activating group) is 1. The highest BCUT2D eigenvalue weighted by Crippen LogP contribution is 2.30. The van der Waals surface area contributed by atoms with Crippen LogP contribution in [-0.2, 0) is 9.59 Å². The Bertz CT molecular complexity index is 977. The quantitative estimate of drug-likeness (QED) is 0.597. The van der Waals surface area contributed by atoms with E-state index in [1.807, 2.05) is 19.9 Å². The maximum Gasteiger partial charge on any atom is 0.240 e. The minimum Gasteiger partial charge on any atom is -0.490 e. The van der Waals surface area contributed by atoms with E-state index in [1.54, 1.807) is 44.0 Å². The molecule has 0 bridgehead atoms. The number of nitriles is 1. The van der Waals surface area contributed by atoms with Crippen LogP contribution in [-0.4, -0.2) is 50.1 Å². The van der Waals surface area contributed by atoms with Gasteiger partial charge in [-0.05, 0) is 46.9 Å². The summed E-state index contributed by atoms with van der Waals surface area (Å²) in [6.07, 6.45) is 0. The van der Waals surface area contributed by atoms with Gasteiger partial charge in [-0.15, -0.1) is 0 Å². The lowest BCUT2D eigenvalue weighted by atomic mass is 10.2. The van der Waals surface area contributed by atoms with Crippen LogP contribution in [0.4, 0.5) is 11.6 Å². The summed E-state index contributed by atoms with van der Waals surface area (Å²) in [5.41, 5.74) is 1.55. The van der Waals surface area contributed by atoms with Gasteiger partial charge in [-0.25, -0.2) is 0 Å². The molecule has 2 N–H and O–H groups in total. The van der Waals surface area contributed by atoms with Crippen LogP contribution in [0.15, 0.2) is 22.6 Å². The zero-order chi connectivity index (χ0) is 23.0. The molecule has 0 unspecified atom stereocenters. The molecule has 2 rings (SSSR count). The third kappa shape index (κ3) is 6.49. The molecule has 0 aliphatic heterocycles. The first kappa shape index (κ1) is 23.8. The summed E-state index contributed by atoms with van der Waals surface area (Å²) < 4.78 is 16.5. The molecule has 1 aromatic heterocycles. The van der Waals surface area contributed by atoms with Crippen molar-refractivity contribution in [1.29, 1.82) is 5.26 Å². The molecule has 1 aromatic carbocycles. The number of aryl methyl sites for hydroxylation is 1. The van der Waals surface area contributed by atoms with Crippen LogP contribution in [0.25, 0.3) is 0 Å². The van der Waals surface area contributed by atoms with Gasteiger partial charge in [-0.2, -0.15) is 5.26 Å². The smallest absolute Gasteiger partial charge is 0.240 e. The zero-order valence-electron chi connectivity index (χ0n) is 18.5. The maximum absolute atomic E-state index is 12.4. The van der Waals surface area contributed by atoms with E-state index in [1.165, 1.54) is 0 Å². The van der Waals surface area contributed by atoms with Gasteiger partial charge in [0, 0.05) is 17.3 Å². The summed E-state index contributed by atoms with van der Waals surface area (Å²) in [4.78, 5) is 26.2. The van der Waals surface area contributed by atoms with E-state index in [0.29, 0.717) is 47.3 Å². The minimum atomic E-state index is -0.389. The molecule has 9 nitrogen and oxygen atoms in total. The lowest BCUT2D eigenvalue weighted by Crippen LogP contribution is -2.36. The Balaban J connectivity index is 1.92. The average molecular weight is 428 g/mol. The maximum atomic E-state index is 12.4. The summed E-state index contributed by atoms with van der Waals surface area (Å²) in [5, 5.41) is 14.6. The van der Waals surface area contributed by atoms with Gasteiger partial charge in [0.1, 0.15) is 17.4 Å². The fraction of sp³-hybridized carbons (Fsp3) is 0.409. The molecule has 0 aliphatic carbocycles. The molecule has 0 radical (unpaired) electrons. The normalized spacial score (nSPS) is 10.5. The van der Waals surface area contributed by atoms with Gasteiger partial charge in [-0.3, -0.25) is 19.8 Å². The van der Waals surface area contributed by atoms with E-state index < -0.39 is 0 Å². The second-order valence-corrected chi connectivity index (χ2v) is 6.90. The molecule has 1 heterocycles. The minimum absolute atomic E-state index is 0.00802. The number of anilines is 2. The van der Waals surface area contributed by atoms with Gasteiger partial charge in [0.15, 0.2) is 11.5 Å². The lowest BCUT2D eigenvalue weighted by Gasteiger charge is -2.16. The first-order valence-corrected chi connectivity index (χ1v) is 9.96. The van der Waals surface area contributed by atoms with E-state index in [0.717, 1.165) is 0 Å². The Morgan fingerprint density at radius 3 is 2.29 bits per heavy atom. The monoisotopic (exact) mass is 428 g/mol. The van der Waals surface area contributed by atoms with E-state index in [4.69, 9.17) is 13.9 Å². The van der Waals surface area contributed by atoms with Crippen LogP contribution in [0, 0.1) is 25.2 Å². The van der Waals surface area contributed by atoms with Gasteiger partial charge >= 0.3 is 0 Å². The Kier molecular flexibility index (Phi) is 8.46. The van der Waals surface area contributed by atoms with Crippen LogP contribution in [0.3, 0.4) is 0 Å². The molecule has 0 spiro atoms. The van der Waals surface area contributed by atoms with Crippen LogP contribution >= 0.6 is 0 Å². The van der Waals surface area contributed by atoms with Gasteiger partial charge in [0.2, 0.25) is 17.7 Å². The van der Waals surface area contributed by atoms with E-state index >= 15 is 0 Å². The lowest BCUT2D eigenvalue weighted by molar-refractivity contribution is -0.119. The second-order valence-electron chi connectivity index (χ2n) is 6.90. The number of rotatable bonds is 10. The molecule has 0 fully saturated rings. The van der Waals surface area contributed by atoms with Gasteiger partial charge < -0.3 is 19.2 Å². The first-order valence-electron chi connectivity index (χ1n) is 9.96. The average Bonchev–Trinajstić information content (AvgIpc) is 2.96. The largest absolute Gasteiger partial charge is 0.490 e. The molecular weight excluding hydrogens is 400 g/mol. The fourth-order valence-corrected chi connectivity index (χ4v) is 2.89. The zero-order valence-corrected chi connectivity index (χ0v) is 18.5. The predicted octanol–water partition coefficient (Wildman–Crippen LogP) is 3.07. The number of carbonyl (C=O) groups excluding carboxylic acids is 2. The number of furan rings is 1. The van der Waals surface area contributed by atoms with Crippen LogP contribution in [0.2, 0.25) is 0 Å². The van der Waals surface area contributed by atoms with Gasteiger partial charge in [0.05, 0.1) is 26.3 Å². The van der Waals surface area contributed by atoms with Crippen molar-refractivity contribution in [2.75, 3.05) is 44.0 Å². The highest BCUT2D eigenvalue weighted by Gasteiger charge is 2.18. The van der Waals surface area contributed by atoms with Crippen LogP contribution < -0.4 is 20.1 Å². The number of hydrogen-bond acceptors (Lipinski definition) is 7. The molecule has 9 heteroatoms. The van der Waals surface area contributed by atoms with Gasteiger partial charge in [-0.1, -0.05) is 0 Å².